The number of pyridine rings is 1. The molecule has 0 spiro atoms. The molecule has 0 aliphatic carbocycles. The van der Waals surface area contributed by atoms with Crippen molar-refractivity contribution in [3.8, 4) is 5.75 Å². The molecule has 2 aromatic heterocycles. The van der Waals surface area contributed by atoms with Crippen LogP contribution in [0.2, 0.25) is 0 Å². The second-order valence-electron chi connectivity index (χ2n) is 6.53. The van der Waals surface area contributed by atoms with Gasteiger partial charge in [-0.25, -0.2) is 0 Å². The summed E-state index contributed by atoms with van der Waals surface area (Å²) in [6.07, 6.45) is 1.44. The summed E-state index contributed by atoms with van der Waals surface area (Å²) in [5.41, 5.74) is 1.10. The number of carbonyl (C=O) groups is 1. The molecule has 0 aliphatic heterocycles. The molecule has 0 fully saturated rings. The number of H-pyrrole nitrogens is 1. The fourth-order valence-electron chi connectivity index (χ4n) is 3.22. The Hall–Kier alpha value is -3.54. The topological polar surface area (TPSA) is 84.3 Å². The Morgan fingerprint density at radius 3 is 2.86 bits per heavy atom. The third kappa shape index (κ3) is 3.13. The molecule has 2 heterocycles. The average molecular weight is 376 g/mol. The lowest BCUT2D eigenvalue weighted by Gasteiger charge is -2.11. The Balaban J connectivity index is 1.62. The highest BCUT2D eigenvalue weighted by molar-refractivity contribution is 5.97. The molecule has 1 atom stereocenters. The van der Waals surface area contributed by atoms with Crippen LogP contribution in [0.25, 0.3) is 21.9 Å². The zero-order chi connectivity index (χ0) is 19.7. The molecule has 0 saturated carbocycles. The molecule has 28 heavy (non-hydrogen) atoms. The Morgan fingerprint density at radius 1 is 1.21 bits per heavy atom. The van der Waals surface area contributed by atoms with Crippen LogP contribution >= 0.6 is 0 Å². The minimum atomic E-state index is -0.454. The lowest BCUT2D eigenvalue weighted by atomic mass is 10.1. The van der Waals surface area contributed by atoms with Crippen molar-refractivity contribution in [1.82, 2.24) is 10.3 Å². The summed E-state index contributed by atoms with van der Waals surface area (Å²) < 4.78 is 11.5. The first-order chi connectivity index (χ1) is 13.6. The number of para-hydroxylation sites is 2. The molecule has 4 rings (SSSR count). The maximum atomic E-state index is 12.7. The molecule has 2 aromatic carbocycles. The van der Waals surface area contributed by atoms with Crippen LogP contribution in [0.5, 0.6) is 5.75 Å². The average Bonchev–Trinajstić information content (AvgIpc) is 3.14. The Bertz CT molecular complexity index is 1220. The van der Waals surface area contributed by atoms with E-state index >= 15 is 0 Å². The van der Waals surface area contributed by atoms with Crippen molar-refractivity contribution >= 4 is 27.8 Å². The van der Waals surface area contributed by atoms with E-state index in [2.05, 4.69) is 10.3 Å². The fraction of sp³-hybridized carbons (Fsp3) is 0.182. The van der Waals surface area contributed by atoms with Gasteiger partial charge in [-0.2, -0.15) is 0 Å². The quantitative estimate of drug-likeness (QED) is 0.548. The van der Waals surface area contributed by atoms with Crippen LogP contribution in [0.15, 0.2) is 63.9 Å². The van der Waals surface area contributed by atoms with E-state index in [1.165, 1.54) is 6.20 Å². The molecule has 2 N–H and O–H groups in total. The normalized spacial score (nSPS) is 12.2. The van der Waals surface area contributed by atoms with Crippen molar-refractivity contribution in [2.75, 3.05) is 6.61 Å². The van der Waals surface area contributed by atoms with Gasteiger partial charge in [0.25, 0.3) is 5.91 Å². The first kappa shape index (κ1) is 17.9. The third-order valence-electron chi connectivity index (χ3n) is 4.63. The Kier molecular flexibility index (Phi) is 4.61. The van der Waals surface area contributed by atoms with Gasteiger partial charge in [0.2, 0.25) is 5.43 Å². The zero-order valence-electron chi connectivity index (χ0n) is 15.6. The summed E-state index contributed by atoms with van der Waals surface area (Å²) in [6, 6.07) is 14.2. The molecule has 6 heteroatoms. The first-order valence-corrected chi connectivity index (χ1v) is 9.15. The number of hydrogen-bond acceptors (Lipinski definition) is 4. The highest BCUT2D eigenvalue weighted by atomic mass is 16.5. The van der Waals surface area contributed by atoms with Crippen molar-refractivity contribution in [2.24, 2.45) is 0 Å². The molecule has 142 valence electrons. The number of fused-ring (bicyclic) bond motifs is 2. The number of amides is 1. The minimum absolute atomic E-state index is 0.0664. The predicted octanol–water partition coefficient (Wildman–Crippen LogP) is 4.16. The van der Waals surface area contributed by atoms with Crippen molar-refractivity contribution in [2.45, 2.75) is 19.9 Å². The van der Waals surface area contributed by atoms with Crippen molar-refractivity contribution in [1.29, 1.82) is 0 Å². The van der Waals surface area contributed by atoms with Gasteiger partial charge in [-0.1, -0.05) is 24.3 Å². The number of furan rings is 1. The van der Waals surface area contributed by atoms with Crippen LogP contribution in [0.1, 0.15) is 36.0 Å². The van der Waals surface area contributed by atoms with E-state index in [1.54, 1.807) is 18.2 Å². The van der Waals surface area contributed by atoms with Crippen LogP contribution in [0.3, 0.4) is 0 Å². The van der Waals surface area contributed by atoms with Gasteiger partial charge in [-0.3, -0.25) is 9.59 Å². The maximum Gasteiger partial charge on any atom is 0.257 e. The summed E-state index contributed by atoms with van der Waals surface area (Å²) in [6.45, 7) is 4.25. The third-order valence-corrected chi connectivity index (χ3v) is 4.63. The molecule has 4 aromatic rings. The summed E-state index contributed by atoms with van der Waals surface area (Å²) in [5, 5.41) is 4.21. The van der Waals surface area contributed by atoms with Crippen LogP contribution in [-0.4, -0.2) is 17.5 Å². The molecular formula is C22H20N2O4. The molecule has 1 unspecified atom stereocenters. The number of rotatable bonds is 5. The molecule has 6 nitrogen and oxygen atoms in total. The minimum Gasteiger partial charge on any atom is -0.490 e. The highest BCUT2D eigenvalue weighted by Crippen LogP contribution is 2.31. The van der Waals surface area contributed by atoms with Gasteiger partial charge in [0.15, 0.2) is 11.3 Å². The first-order valence-electron chi connectivity index (χ1n) is 9.15. The Morgan fingerprint density at radius 2 is 2.04 bits per heavy atom. The number of benzene rings is 2. The number of nitrogens with one attached hydrogen (secondary N) is 2. The lowest BCUT2D eigenvalue weighted by molar-refractivity contribution is 0.0934. The zero-order valence-corrected chi connectivity index (χ0v) is 15.6. The molecule has 0 saturated heterocycles. The molecule has 0 aliphatic rings. The largest absolute Gasteiger partial charge is 0.490 e. The van der Waals surface area contributed by atoms with Crippen LogP contribution in [0, 0.1) is 0 Å². The van der Waals surface area contributed by atoms with E-state index in [0.717, 1.165) is 5.39 Å². The second kappa shape index (κ2) is 7.23. The van der Waals surface area contributed by atoms with E-state index in [-0.39, 0.29) is 11.0 Å². The van der Waals surface area contributed by atoms with Crippen molar-refractivity contribution < 1.29 is 13.9 Å². The van der Waals surface area contributed by atoms with Crippen LogP contribution in [-0.2, 0) is 0 Å². The Labute approximate surface area is 161 Å². The number of ether oxygens (including phenoxy) is 1. The van der Waals surface area contributed by atoms with E-state index in [4.69, 9.17) is 9.15 Å². The summed E-state index contributed by atoms with van der Waals surface area (Å²) in [7, 11) is 0. The SMILES string of the molecule is CCOc1cccc2cc(C(C)NC(=O)c3c[nH]c4ccccc4c3=O)oc12. The second-order valence-corrected chi connectivity index (χ2v) is 6.53. The van der Waals surface area contributed by atoms with Gasteiger partial charge in [-0.05, 0) is 38.1 Å². The number of hydrogen-bond donors (Lipinski definition) is 2. The number of carbonyl (C=O) groups excluding carboxylic acids is 1. The fourth-order valence-corrected chi connectivity index (χ4v) is 3.22. The maximum absolute atomic E-state index is 12.7. The van der Waals surface area contributed by atoms with Crippen LogP contribution < -0.4 is 15.5 Å². The van der Waals surface area contributed by atoms with Crippen LogP contribution in [0.4, 0.5) is 0 Å². The molecular weight excluding hydrogens is 356 g/mol. The highest BCUT2D eigenvalue weighted by Gasteiger charge is 2.19. The molecule has 0 bridgehead atoms. The molecule has 0 radical (unpaired) electrons. The van der Waals surface area contributed by atoms with Crippen molar-refractivity contribution in [3.63, 3.8) is 0 Å². The van der Waals surface area contributed by atoms with Gasteiger partial charge in [0, 0.05) is 22.5 Å². The number of aromatic nitrogens is 1. The summed E-state index contributed by atoms with van der Waals surface area (Å²) >= 11 is 0. The van der Waals surface area contributed by atoms with E-state index < -0.39 is 11.9 Å². The van der Waals surface area contributed by atoms with Gasteiger partial charge in [0.05, 0.1) is 12.6 Å². The van der Waals surface area contributed by atoms with Gasteiger partial charge < -0.3 is 19.5 Å². The van der Waals surface area contributed by atoms with Gasteiger partial charge in [0.1, 0.15) is 11.3 Å². The van der Waals surface area contributed by atoms with Gasteiger partial charge in [-0.15, -0.1) is 0 Å². The monoisotopic (exact) mass is 376 g/mol. The number of aromatic amines is 1. The van der Waals surface area contributed by atoms with E-state index in [0.29, 0.717) is 34.6 Å². The summed E-state index contributed by atoms with van der Waals surface area (Å²) in [4.78, 5) is 28.3. The standard InChI is InChI=1S/C22H20N2O4/c1-3-27-18-10-6-7-14-11-19(28-21(14)18)13(2)24-22(26)16-12-23-17-9-5-4-8-15(17)20(16)25/h4-13H,3H2,1-2H3,(H,23,25)(H,24,26). The predicted molar refractivity (Wildman–Crippen MR) is 108 cm³/mol. The lowest BCUT2D eigenvalue weighted by Crippen LogP contribution is -2.30. The van der Waals surface area contributed by atoms with E-state index in [1.807, 2.05) is 44.2 Å². The van der Waals surface area contributed by atoms with Crippen molar-refractivity contribution in [3.05, 3.63) is 76.3 Å². The summed E-state index contributed by atoms with van der Waals surface area (Å²) in [5.74, 6) is 0.800. The molecule has 1 amide bonds. The van der Waals surface area contributed by atoms with E-state index in [9.17, 15) is 9.59 Å². The van der Waals surface area contributed by atoms with Gasteiger partial charge >= 0.3 is 0 Å². The smallest absolute Gasteiger partial charge is 0.257 e.